The molecule has 2 N–H and O–H groups in total. The van der Waals surface area contributed by atoms with E-state index in [-0.39, 0.29) is 35.1 Å². The second kappa shape index (κ2) is 5.09. The number of hydrogen-bond donors (Lipinski definition) is 2. The standard InChI is InChI=1S/C4H7O5P.Na.H/c1-3(2)4(5)9-10(6,7)8;;/h1H2,2H3,(H2,6,7,8);;. The van der Waals surface area contributed by atoms with Crippen LogP contribution in [0.5, 0.6) is 0 Å². The van der Waals surface area contributed by atoms with Crippen LogP contribution in [0.15, 0.2) is 12.2 Å². The molecule has 0 aliphatic heterocycles. The molecule has 0 spiro atoms. The molecule has 0 aromatic rings. The van der Waals surface area contributed by atoms with Crippen molar-refractivity contribution >= 4 is 43.3 Å². The Hall–Kier alpha value is 0.360. The van der Waals surface area contributed by atoms with E-state index >= 15 is 0 Å². The number of hydrogen-bond acceptors (Lipinski definition) is 3. The molecule has 0 unspecified atom stereocenters. The van der Waals surface area contributed by atoms with E-state index < -0.39 is 13.8 Å². The molecule has 0 bridgehead atoms. The van der Waals surface area contributed by atoms with Gasteiger partial charge in [0.1, 0.15) is 0 Å². The average molecular weight is 190 g/mol. The minimum atomic E-state index is -4.69. The summed E-state index contributed by atoms with van der Waals surface area (Å²) in [5.41, 5.74) is -0.0525. The summed E-state index contributed by atoms with van der Waals surface area (Å²) < 4.78 is 13.6. The molecule has 0 atom stereocenters. The summed E-state index contributed by atoms with van der Waals surface area (Å²) in [6.45, 7) is 4.41. The normalized spacial score (nSPS) is 9.73. The Kier molecular flexibility index (Phi) is 6.43. The Balaban J connectivity index is 0. The first kappa shape index (κ1) is 13.9. The Bertz CT molecular complexity index is 207. The molecule has 0 fully saturated rings. The van der Waals surface area contributed by atoms with Crippen molar-refractivity contribution in [3.63, 3.8) is 0 Å². The second-order valence-corrected chi connectivity index (χ2v) is 2.81. The van der Waals surface area contributed by atoms with Crippen molar-refractivity contribution in [2.24, 2.45) is 0 Å². The van der Waals surface area contributed by atoms with Gasteiger partial charge in [-0.2, -0.15) is 0 Å². The number of rotatable bonds is 2. The van der Waals surface area contributed by atoms with Crippen molar-refractivity contribution in [2.75, 3.05) is 0 Å². The summed E-state index contributed by atoms with van der Waals surface area (Å²) in [6.07, 6.45) is 0. The van der Waals surface area contributed by atoms with Crippen LogP contribution in [0, 0.1) is 0 Å². The molecular formula is C4H8NaO5P. The first-order valence-electron chi connectivity index (χ1n) is 2.28. The van der Waals surface area contributed by atoms with Gasteiger partial charge in [-0.25, -0.2) is 9.36 Å². The van der Waals surface area contributed by atoms with Crippen LogP contribution < -0.4 is 0 Å². The van der Waals surface area contributed by atoms with Gasteiger partial charge in [-0.05, 0) is 6.92 Å². The molecule has 0 rings (SSSR count). The Morgan fingerprint density at radius 2 is 1.91 bits per heavy atom. The van der Waals surface area contributed by atoms with Gasteiger partial charge in [0.2, 0.25) is 0 Å². The van der Waals surface area contributed by atoms with Crippen LogP contribution in [0.2, 0.25) is 0 Å². The third-order valence-corrected chi connectivity index (χ3v) is 0.954. The van der Waals surface area contributed by atoms with E-state index in [0.717, 1.165) is 0 Å². The van der Waals surface area contributed by atoms with Gasteiger partial charge in [-0.15, -0.1) is 0 Å². The molecular weight excluding hydrogens is 182 g/mol. The molecule has 11 heavy (non-hydrogen) atoms. The average Bonchev–Trinajstić information content (AvgIpc) is 1.60. The van der Waals surface area contributed by atoms with Gasteiger partial charge in [-0.3, -0.25) is 9.79 Å². The van der Waals surface area contributed by atoms with E-state index in [1.807, 2.05) is 0 Å². The SMILES string of the molecule is C=C(C)C(=O)OP(=O)(O)O.[NaH]. The van der Waals surface area contributed by atoms with E-state index in [1.54, 1.807) is 0 Å². The Labute approximate surface area is 86.0 Å². The predicted octanol–water partition coefficient (Wildman–Crippen LogP) is -0.450. The van der Waals surface area contributed by atoms with E-state index in [2.05, 4.69) is 11.1 Å². The summed E-state index contributed by atoms with van der Waals surface area (Å²) in [5.74, 6) is -1.09. The zero-order chi connectivity index (χ0) is 8.36. The van der Waals surface area contributed by atoms with Gasteiger partial charge < -0.3 is 4.52 Å². The fraction of sp³-hybridized carbons (Fsp3) is 0.250. The molecule has 0 heterocycles. The molecule has 0 radical (unpaired) electrons. The minimum absolute atomic E-state index is 0. The topological polar surface area (TPSA) is 83.8 Å². The molecule has 5 nitrogen and oxygen atoms in total. The second-order valence-electron chi connectivity index (χ2n) is 1.65. The van der Waals surface area contributed by atoms with Crippen LogP contribution in [0.25, 0.3) is 0 Å². The summed E-state index contributed by atoms with van der Waals surface area (Å²) in [6, 6.07) is 0. The molecule has 0 aliphatic rings. The van der Waals surface area contributed by atoms with Crippen molar-refractivity contribution in [3.8, 4) is 0 Å². The molecule has 0 aromatic heterocycles. The van der Waals surface area contributed by atoms with Gasteiger partial charge in [0.05, 0.1) is 0 Å². The summed E-state index contributed by atoms with van der Waals surface area (Å²) in [4.78, 5) is 26.5. The first-order chi connectivity index (χ1) is 4.33. The zero-order valence-corrected chi connectivity index (χ0v) is 6.17. The molecule has 0 saturated carbocycles. The van der Waals surface area contributed by atoms with Crippen molar-refractivity contribution in [1.29, 1.82) is 0 Å². The molecule has 0 aromatic carbocycles. The molecule has 0 saturated heterocycles. The van der Waals surface area contributed by atoms with E-state index in [4.69, 9.17) is 9.79 Å². The summed E-state index contributed by atoms with van der Waals surface area (Å²) >= 11 is 0. The van der Waals surface area contributed by atoms with Gasteiger partial charge in [0.15, 0.2) is 0 Å². The van der Waals surface area contributed by atoms with Crippen molar-refractivity contribution in [1.82, 2.24) is 0 Å². The van der Waals surface area contributed by atoms with Crippen LogP contribution in [0.3, 0.4) is 0 Å². The van der Waals surface area contributed by atoms with Gasteiger partial charge >= 0.3 is 43.3 Å². The summed E-state index contributed by atoms with van der Waals surface area (Å²) in [5, 5.41) is 0. The van der Waals surface area contributed by atoms with E-state index in [1.165, 1.54) is 6.92 Å². The van der Waals surface area contributed by atoms with Crippen molar-refractivity contribution in [3.05, 3.63) is 12.2 Å². The maximum absolute atomic E-state index is 10.3. The van der Waals surface area contributed by atoms with Gasteiger partial charge in [0.25, 0.3) is 0 Å². The number of carbonyl (C=O) groups is 1. The van der Waals surface area contributed by atoms with Crippen LogP contribution in [0.1, 0.15) is 6.92 Å². The van der Waals surface area contributed by atoms with Crippen molar-refractivity contribution < 1.29 is 23.7 Å². The number of carbonyl (C=O) groups excluding carboxylic acids is 1. The summed E-state index contributed by atoms with van der Waals surface area (Å²) in [7, 11) is -4.69. The Morgan fingerprint density at radius 3 is 2.00 bits per heavy atom. The first-order valence-corrected chi connectivity index (χ1v) is 3.81. The third-order valence-electron chi connectivity index (χ3n) is 0.550. The number of phosphoric acid groups is 1. The van der Waals surface area contributed by atoms with E-state index in [0.29, 0.717) is 0 Å². The quantitative estimate of drug-likeness (QED) is 0.350. The Morgan fingerprint density at radius 1 is 1.55 bits per heavy atom. The van der Waals surface area contributed by atoms with Crippen LogP contribution >= 0.6 is 7.82 Å². The molecule has 7 heteroatoms. The fourth-order valence-electron chi connectivity index (χ4n) is 0.186. The third kappa shape index (κ3) is 8.26. The van der Waals surface area contributed by atoms with Crippen LogP contribution in [0.4, 0.5) is 0 Å². The molecule has 0 aliphatic carbocycles. The van der Waals surface area contributed by atoms with Crippen LogP contribution in [-0.2, 0) is 13.9 Å². The molecule has 0 amide bonds. The maximum atomic E-state index is 10.3. The van der Waals surface area contributed by atoms with Crippen molar-refractivity contribution in [2.45, 2.75) is 6.92 Å². The predicted molar refractivity (Wildman–Crippen MR) is 40.1 cm³/mol. The van der Waals surface area contributed by atoms with Gasteiger partial charge in [-0.1, -0.05) is 6.58 Å². The zero-order valence-electron chi connectivity index (χ0n) is 5.27. The molecule has 60 valence electrons. The van der Waals surface area contributed by atoms with Crippen LogP contribution in [-0.4, -0.2) is 45.3 Å². The number of phosphoric ester groups is 1. The van der Waals surface area contributed by atoms with E-state index in [9.17, 15) is 9.36 Å². The fourth-order valence-corrected chi connectivity index (χ4v) is 0.558. The monoisotopic (exact) mass is 190 g/mol. The van der Waals surface area contributed by atoms with Gasteiger partial charge in [0, 0.05) is 5.57 Å².